The normalized spacial score (nSPS) is 16.3. The van der Waals surface area contributed by atoms with E-state index >= 15 is 0 Å². The van der Waals surface area contributed by atoms with Crippen LogP contribution in [0.1, 0.15) is 40.4 Å². The molecule has 3 aromatic rings. The van der Waals surface area contributed by atoms with E-state index < -0.39 is 0 Å². The van der Waals surface area contributed by atoms with Crippen molar-refractivity contribution in [1.29, 1.82) is 0 Å². The van der Waals surface area contributed by atoms with Crippen molar-refractivity contribution in [3.63, 3.8) is 0 Å². The third-order valence-electron chi connectivity index (χ3n) is 4.24. The number of hydrogen-bond donors (Lipinski definition) is 1. The van der Waals surface area contributed by atoms with Gasteiger partial charge in [0, 0.05) is 23.9 Å². The molecule has 6 nitrogen and oxygen atoms in total. The number of furan rings is 1. The summed E-state index contributed by atoms with van der Waals surface area (Å²) in [4.78, 5) is 25.3. The molecule has 0 saturated heterocycles. The number of nitrogens with one attached hydrogen (secondary N) is 1. The van der Waals surface area contributed by atoms with Gasteiger partial charge in [0.2, 0.25) is 5.91 Å². The Morgan fingerprint density at radius 2 is 2.11 bits per heavy atom. The highest BCUT2D eigenvalue weighted by Crippen LogP contribution is 2.36. The van der Waals surface area contributed by atoms with Crippen LogP contribution < -0.4 is 5.32 Å². The molecule has 1 atom stereocenters. The largest absolute Gasteiger partial charge is 0.459 e. The van der Waals surface area contributed by atoms with Crippen molar-refractivity contribution in [3.05, 3.63) is 76.4 Å². The quantitative estimate of drug-likeness (QED) is 0.735. The van der Waals surface area contributed by atoms with Gasteiger partial charge in [-0.1, -0.05) is 18.2 Å². The molecule has 3 heterocycles. The Balaban J connectivity index is 1.68. The molecule has 0 unspecified atom stereocenters. The Kier molecular flexibility index (Phi) is 4.60. The lowest BCUT2D eigenvalue weighted by Gasteiger charge is -2.19. The summed E-state index contributed by atoms with van der Waals surface area (Å²) in [6.45, 7) is 1.47. The molecular weight excluding hydrogens is 362 g/mol. The lowest BCUT2D eigenvalue weighted by Crippen LogP contribution is -2.26. The maximum absolute atomic E-state index is 12.9. The second-order valence-corrected chi connectivity index (χ2v) is 7.15. The van der Waals surface area contributed by atoms with Crippen molar-refractivity contribution < 1.29 is 14.0 Å². The van der Waals surface area contributed by atoms with Gasteiger partial charge in [-0.3, -0.25) is 9.59 Å². The van der Waals surface area contributed by atoms with Crippen molar-refractivity contribution in [3.8, 4) is 0 Å². The predicted molar refractivity (Wildman–Crippen MR) is 104 cm³/mol. The first-order valence-corrected chi connectivity index (χ1v) is 9.36. The minimum Gasteiger partial charge on any atom is -0.459 e. The summed E-state index contributed by atoms with van der Waals surface area (Å²) in [6, 6.07) is 14.6. The number of thiophene rings is 1. The summed E-state index contributed by atoms with van der Waals surface area (Å²) in [5.41, 5.74) is 2.37. The molecule has 27 heavy (non-hydrogen) atoms. The Morgan fingerprint density at radius 3 is 2.81 bits per heavy atom. The van der Waals surface area contributed by atoms with Crippen LogP contribution in [0.3, 0.4) is 0 Å². The highest BCUT2D eigenvalue weighted by atomic mass is 32.1. The Bertz CT molecular complexity index is 993. The monoisotopic (exact) mass is 379 g/mol. The molecule has 0 spiro atoms. The molecule has 1 aliphatic rings. The molecule has 2 amide bonds. The van der Waals surface area contributed by atoms with Crippen LogP contribution in [-0.2, 0) is 4.79 Å². The predicted octanol–water partition coefficient (Wildman–Crippen LogP) is 4.29. The van der Waals surface area contributed by atoms with Gasteiger partial charge in [-0.05, 0) is 41.3 Å². The molecule has 1 aromatic carbocycles. The van der Waals surface area contributed by atoms with Crippen molar-refractivity contribution >= 4 is 34.6 Å². The zero-order valence-corrected chi connectivity index (χ0v) is 15.4. The third kappa shape index (κ3) is 3.54. The number of hydrogen-bond acceptors (Lipinski definition) is 5. The van der Waals surface area contributed by atoms with Gasteiger partial charge in [0.1, 0.15) is 0 Å². The Hall–Kier alpha value is -3.19. The van der Waals surface area contributed by atoms with Gasteiger partial charge >= 0.3 is 5.91 Å². The smallest absolute Gasteiger partial charge is 0.310 e. The Labute approximate surface area is 160 Å². The maximum Gasteiger partial charge on any atom is 0.310 e. The first-order valence-electron chi connectivity index (χ1n) is 8.48. The number of carbonyl (C=O) groups is 2. The van der Waals surface area contributed by atoms with Crippen LogP contribution in [0, 0.1) is 0 Å². The van der Waals surface area contributed by atoms with Gasteiger partial charge in [-0.25, -0.2) is 5.01 Å². The van der Waals surface area contributed by atoms with Gasteiger partial charge in [0.25, 0.3) is 0 Å². The molecule has 0 radical (unpaired) electrons. The van der Waals surface area contributed by atoms with Gasteiger partial charge < -0.3 is 9.73 Å². The molecule has 7 heteroatoms. The summed E-state index contributed by atoms with van der Waals surface area (Å²) in [5, 5.41) is 10.9. The van der Waals surface area contributed by atoms with E-state index in [2.05, 4.69) is 10.4 Å². The van der Waals surface area contributed by atoms with E-state index in [9.17, 15) is 9.59 Å². The highest BCUT2D eigenvalue weighted by Gasteiger charge is 2.35. The van der Waals surface area contributed by atoms with Crippen LogP contribution in [0.15, 0.2) is 69.7 Å². The van der Waals surface area contributed by atoms with Crippen LogP contribution in [0.5, 0.6) is 0 Å². The van der Waals surface area contributed by atoms with E-state index in [4.69, 9.17) is 4.42 Å². The lowest BCUT2D eigenvalue weighted by molar-refractivity contribution is -0.114. The van der Waals surface area contributed by atoms with Crippen LogP contribution >= 0.6 is 11.3 Å². The van der Waals surface area contributed by atoms with Crippen LogP contribution in [0.4, 0.5) is 5.69 Å². The summed E-state index contributed by atoms with van der Waals surface area (Å²) < 4.78 is 5.27. The van der Waals surface area contributed by atoms with Gasteiger partial charge in [-0.15, -0.1) is 11.3 Å². The first-order chi connectivity index (χ1) is 13.1. The minimum atomic E-state index is -0.272. The van der Waals surface area contributed by atoms with Gasteiger partial charge in [-0.2, -0.15) is 5.10 Å². The molecular formula is C20H17N3O3S. The number of carbonyl (C=O) groups excluding carboxylic acids is 2. The van der Waals surface area contributed by atoms with Crippen molar-refractivity contribution in [2.45, 2.75) is 19.4 Å². The summed E-state index contributed by atoms with van der Waals surface area (Å²) >= 11 is 1.59. The average Bonchev–Trinajstić information content (AvgIpc) is 3.41. The van der Waals surface area contributed by atoms with Gasteiger partial charge in [0.05, 0.1) is 18.0 Å². The standard InChI is InChI=1S/C20H17N3O3S/c1-13(24)21-15-6-2-5-14(11-15)16-12-17(19-8-4-10-27-19)23(22-16)20(25)18-7-3-9-26-18/h2-11,17H,12H2,1H3,(H,21,24)/t17-/m0/s1. The van der Waals surface area contributed by atoms with E-state index in [0.717, 1.165) is 16.2 Å². The molecule has 1 aliphatic heterocycles. The average molecular weight is 379 g/mol. The van der Waals surface area contributed by atoms with Crippen molar-refractivity contribution in [1.82, 2.24) is 5.01 Å². The molecule has 1 N–H and O–H groups in total. The summed E-state index contributed by atoms with van der Waals surface area (Å²) in [6.07, 6.45) is 2.07. The Morgan fingerprint density at radius 1 is 1.22 bits per heavy atom. The van der Waals surface area contributed by atoms with Crippen LogP contribution in [0.25, 0.3) is 0 Å². The second-order valence-electron chi connectivity index (χ2n) is 6.17. The number of benzene rings is 1. The minimum absolute atomic E-state index is 0.133. The number of amides is 2. The second kappa shape index (κ2) is 7.20. The first kappa shape index (κ1) is 17.2. The van der Waals surface area contributed by atoms with E-state index in [0.29, 0.717) is 12.1 Å². The number of anilines is 1. The van der Waals surface area contributed by atoms with Crippen LogP contribution in [-0.4, -0.2) is 22.5 Å². The maximum atomic E-state index is 12.9. The van der Waals surface area contributed by atoms with Crippen molar-refractivity contribution in [2.75, 3.05) is 5.32 Å². The zero-order chi connectivity index (χ0) is 18.8. The molecule has 0 aliphatic carbocycles. The van der Waals surface area contributed by atoms with E-state index in [-0.39, 0.29) is 23.6 Å². The molecule has 2 aromatic heterocycles. The van der Waals surface area contributed by atoms with Crippen molar-refractivity contribution in [2.24, 2.45) is 5.10 Å². The number of rotatable bonds is 4. The molecule has 4 rings (SSSR count). The van der Waals surface area contributed by atoms with E-state index in [1.165, 1.54) is 18.2 Å². The SMILES string of the molecule is CC(=O)Nc1cccc(C2=NN(C(=O)c3ccco3)[C@H](c3cccs3)C2)c1. The fourth-order valence-electron chi connectivity index (χ4n) is 3.07. The number of nitrogens with zero attached hydrogens (tertiary/aromatic N) is 2. The summed E-state index contributed by atoms with van der Waals surface area (Å²) in [5.74, 6) is -0.147. The third-order valence-corrected chi connectivity index (χ3v) is 5.21. The van der Waals surface area contributed by atoms with E-state index in [1.807, 2.05) is 41.8 Å². The topological polar surface area (TPSA) is 74.9 Å². The van der Waals surface area contributed by atoms with Gasteiger partial charge in [0.15, 0.2) is 5.76 Å². The lowest BCUT2D eigenvalue weighted by atomic mass is 10.0. The molecule has 0 fully saturated rings. The zero-order valence-electron chi connectivity index (χ0n) is 14.6. The molecule has 136 valence electrons. The highest BCUT2D eigenvalue weighted by molar-refractivity contribution is 7.10. The summed E-state index contributed by atoms with van der Waals surface area (Å²) in [7, 11) is 0. The van der Waals surface area contributed by atoms with Crippen LogP contribution in [0.2, 0.25) is 0 Å². The number of hydrazone groups is 1. The molecule has 0 saturated carbocycles. The fourth-order valence-corrected chi connectivity index (χ4v) is 3.88. The van der Waals surface area contributed by atoms with E-state index in [1.54, 1.807) is 23.5 Å². The fraction of sp³-hybridized carbons (Fsp3) is 0.150. The molecule has 0 bridgehead atoms.